The Labute approximate surface area is 93.9 Å². The zero-order chi connectivity index (χ0) is 11.0. The van der Waals surface area contributed by atoms with Crippen LogP contribution in [0.5, 0.6) is 0 Å². The van der Waals surface area contributed by atoms with Gasteiger partial charge in [-0.25, -0.2) is 4.98 Å². The summed E-state index contributed by atoms with van der Waals surface area (Å²) in [5, 5.41) is 0.698. The van der Waals surface area contributed by atoms with Crippen molar-refractivity contribution in [3.8, 4) is 0 Å². The molecule has 0 fully saturated rings. The summed E-state index contributed by atoms with van der Waals surface area (Å²) in [7, 11) is 0. The van der Waals surface area contributed by atoms with Crippen LogP contribution in [0.1, 0.15) is 30.8 Å². The van der Waals surface area contributed by atoms with E-state index < -0.39 is 0 Å². The van der Waals surface area contributed by atoms with Crippen molar-refractivity contribution >= 4 is 17.2 Å². The van der Waals surface area contributed by atoms with E-state index >= 15 is 0 Å². The Kier molecular flexibility index (Phi) is 2.67. The smallest absolute Gasteiger partial charge is 0.138 e. The molecule has 80 valence electrons. The Balaban J connectivity index is 2.68. The zero-order valence-electron chi connectivity index (χ0n) is 8.87. The van der Waals surface area contributed by atoms with Gasteiger partial charge in [-0.15, -0.1) is 0 Å². The topological polar surface area (TPSA) is 43.3 Å². The second kappa shape index (κ2) is 3.83. The number of hydrogen-bond donors (Lipinski definition) is 1. The summed E-state index contributed by atoms with van der Waals surface area (Å²) in [4.78, 5) is 4.44. The Morgan fingerprint density at radius 1 is 1.60 bits per heavy atom. The molecule has 0 aliphatic rings. The molecule has 0 aromatic carbocycles. The van der Waals surface area contributed by atoms with Crippen LogP contribution in [-0.2, 0) is 0 Å². The molecule has 2 N–H and O–H groups in total. The lowest BCUT2D eigenvalue weighted by molar-refractivity contribution is 0.663. The van der Waals surface area contributed by atoms with Crippen molar-refractivity contribution in [3.63, 3.8) is 0 Å². The van der Waals surface area contributed by atoms with Crippen LogP contribution in [0.3, 0.4) is 0 Å². The van der Waals surface area contributed by atoms with Gasteiger partial charge in [-0.1, -0.05) is 18.5 Å². The molecule has 0 radical (unpaired) electrons. The van der Waals surface area contributed by atoms with E-state index in [-0.39, 0.29) is 6.04 Å². The molecule has 1 atom stereocenters. The van der Waals surface area contributed by atoms with Gasteiger partial charge >= 0.3 is 0 Å². The van der Waals surface area contributed by atoms with E-state index in [1.807, 2.05) is 29.7 Å². The highest BCUT2D eigenvalue weighted by Crippen LogP contribution is 2.21. The molecule has 2 heterocycles. The van der Waals surface area contributed by atoms with Crippen molar-refractivity contribution in [3.05, 3.63) is 34.7 Å². The van der Waals surface area contributed by atoms with Crippen LogP contribution in [0.25, 0.3) is 5.65 Å². The summed E-state index contributed by atoms with van der Waals surface area (Å²) in [6, 6.07) is 3.73. The second-order valence-electron chi connectivity index (χ2n) is 3.67. The first kappa shape index (κ1) is 10.5. The summed E-state index contributed by atoms with van der Waals surface area (Å²) < 4.78 is 2.01. The predicted molar refractivity (Wildman–Crippen MR) is 62.2 cm³/mol. The minimum absolute atomic E-state index is 0.0289. The number of aromatic nitrogens is 2. The Morgan fingerprint density at radius 2 is 2.33 bits per heavy atom. The summed E-state index contributed by atoms with van der Waals surface area (Å²) in [5.74, 6) is 0. The van der Waals surface area contributed by atoms with E-state index in [9.17, 15) is 0 Å². The van der Waals surface area contributed by atoms with Crippen LogP contribution in [0, 0.1) is 6.92 Å². The van der Waals surface area contributed by atoms with Crippen LogP contribution in [0.15, 0.2) is 18.3 Å². The third-order valence-electron chi connectivity index (χ3n) is 2.60. The van der Waals surface area contributed by atoms with Crippen LogP contribution in [0.4, 0.5) is 0 Å². The molecule has 0 aliphatic heterocycles. The summed E-state index contributed by atoms with van der Waals surface area (Å²) in [6.07, 6.45) is 2.82. The lowest BCUT2D eigenvalue weighted by Gasteiger charge is -2.09. The predicted octanol–water partition coefficient (Wildman–Crippen LogP) is 2.71. The monoisotopic (exact) mass is 223 g/mol. The lowest BCUT2D eigenvalue weighted by Crippen LogP contribution is -2.12. The van der Waals surface area contributed by atoms with Crippen LogP contribution in [0.2, 0.25) is 5.02 Å². The normalized spacial score (nSPS) is 13.3. The van der Waals surface area contributed by atoms with Crippen molar-refractivity contribution < 1.29 is 0 Å². The van der Waals surface area contributed by atoms with Gasteiger partial charge in [-0.2, -0.15) is 0 Å². The molecular weight excluding hydrogens is 210 g/mol. The Hall–Kier alpha value is -1.06. The maximum Gasteiger partial charge on any atom is 0.138 e. The highest BCUT2D eigenvalue weighted by atomic mass is 35.5. The highest BCUT2D eigenvalue weighted by Gasteiger charge is 2.14. The quantitative estimate of drug-likeness (QED) is 0.851. The summed E-state index contributed by atoms with van der Waals surface area (Å²) in [5.41, 5.74) is 8.96. The first-order chi connectivity index (χ1) is 7.13. The van der Waals surface area contributed by atoms with Crippen LogP contribution < -0.4 is 5.73 Å². The number of imidazole rings is 1. The number of pyridine rings is 1. The standard InChI is InChI=1S/C11H14ClN3/c1-3-9(13)11-7(2)14-10-6-8(12)4-5-15(10)11/h4-6,9H,3,13H2,1-2H3. The molecule has 15 heavy (non-hydrogen) atoms. The third kappa shape index (κ3) is 1.73. The van der Waals surface area contributed by atoms with Gasteiger partial charge in [0.1, 0.15) is 5.65 Å². The number of nitrogens with zero attached hydrogens (tertiary/aromatic N) is 2. The molecule has 2 aromatic heterocycles. The minimum Gasteiger partial charge on any atom is -0.323 e. The van der Waals surface area contributed by atoms with Crippen LogP contribution in [-0.4, -0.2) is 9.38 Å². The minimum atomic E-state index is 0.0289. The van der Waals surface area contributed by atoms with E-state index in [1.165, 1.54) is 0 Å². The molecule has 0 amide bonds. The van der Waals surface area contributed by atoms with Gasteiger partial charge in [0, 0.05) is 23.3 Å². The SMILES string of the molecule is CCC(N)c1c(C)nc2cc(Cl)ccn12. The molecule has 0 saturated heterocycles. The van der Waals surface area contributed by atoms with Gasteiger partial charge in [0.05, 0.1) is 11.4 Å². The maximum atomic E-state index is 6.05. The number of aryl methyl sites for hydroxylation is 1. The lowest BCUT2D eigenvalue weighted by atomic mass is 10.1. The van der Waals surface area contributed by atoms with Crippen molar-refractivity contribution in [2.24, 2.45) is 5.73 Å². The van der Waals surface area contributed by atoms with Gasteiger partial charge < -0.3 is 10.1 Å². The number of fused-ring (bicyclic) bond motifs is 1. The number of nitrogens with two attached hydrogens (primary N) is 1. The molecule has 0 bridgehead atoms. The van der Waals surface area contributed by atoms with Gasteiger partial charge in [0.2, 0.25) is 0 Å². The van der Waals surface area contributed by atoms with E-state index in [0.717, 1.165) is 23.5 Å². The average Bonchev–Trinajstić information content (AvgIpc) is 2.52. The zero-order valence-corrected chi connectivity index (χ0v) is 9.62. The van der Waals surface area contributed by atoms with Crippen molar-refractivity contribution in [1.29, 1.82) is 0 Å². The third-order valence-corrected chi connectivity index (χ3v) is 2.84. The summed E-state index contributed by atoms with van der Waals surface area (Å²) >= 11 is 5.91. The van der Waals surface area contributed by atoms with E-state index in [2.05, 4.69) is 11.9 Å². The largest absolute Gasteiger partial charge is 0.323 e. The fraction of sp³-hybridized carbons (Fsp3) is 0.364. The van der Waals surface area contributed by atoms with Crippen molar-refractivity contribution in [2.45, 2.75) is 26.3 Å². The van der Waals surface area contributed by atoms with Gasteiger partial charge in [0.15, 0.2) is 0 Å². The molecule has 0 spiro atoms. The average molecular weight is 224 g/mol. The van der Waals surface area contributed by atoms with Gasteiger partial charge in [0.25, 0.3) is 0 Å². The fourth-order valence-corrected chi connectivity index (χ4v) is 1.95. The van der Waals surface area contributed by atoms with Crippen molar-refractivity contribution in [2.75, 3.05) is 0 Å². The molecule has 3 nitrogen and oxygen atoms in total. The Bertz CT molecular complexity index is 490. The second-order valence-corrected chi connectivity index (χ2v) is 4.11. The van der Waals surface area contributed by atoms with Crippen molar-refractivity contribution in [1.82, 2.24) is 9.38 Å². The highest BCUT2D eigenvalue weighted by molar-refractivity contribution is 6.30. The number of halogens is 1. The first-order valence-electron chi connectivity index (χ1n) is 5.03. The molecule has 0 saturated carbocycles. The number of hydrogen-bond acceptors (Lipinski definition) is 2. The molecule has 2 rings (SSSR count). The number of rotatable bonds is 2. The fourth-order valence-electron chi connectivity index (χ4n) is 1.80. The van der Waals surface area contributed by atoms with E-state index in [1.54, 1.807) is 0 Å². The maximum absolute atomic E-state index is 6.05. The van der Waals surface area contributed by atoms with E-state index in [0.29, 0.717) is 5.02 Å². The van der Waals surface area contributed by atoms with E-state index in [4.69, 9.17) is 17.3 Å². The molecule has 1 unspecified atom stereocenters. The Morgan fingerprint density at radius 3 is 3.00 bits per heavy atom. The molecule has 2 aromatic rings. The first-order valence-corrected chi connectivity index (χ1v) is 5.41. The van der Waals surface area contributed by atoms with Crippen LogP contribution >= 0.6 is 11.6 Å². The molecule has 4 heteroatoms. The molecular formula is C11H14ClN3. The molecule has 0 aliphatic carbocycles. The van der Waals surface area contributed by atoms with Gasteiger partial charge in [-0.05, 0) is 19.4 Å². The van der Waals surface area contributed by atoms with Gasteiger partial charge in [-0.3, -0.25) is 0 Å². The summed E-state index contributed by atoms with van der Waals surface area (Å²) in [6.45, 7) is 4.05.